The van der Waals surface area contributed by atoms with E-state index in [1.54, 1.807) is 31.3 Å². The van der Waals surface area contributed by atoms with Gasteiger partial charge in [0.05, 0.1) is 18.3 Å². The number of carbonyl (C=O) groups is 1. The van der Waals surface area contributed by atoms with E-state index in [0.717, 1.165) is 4.47 Å². The fourth-order valence-electron chi connectivity index (χ4n) is 1.68. The number of amides is 1. The van der Waals surface area contributed by atoms with Gasteiger partial charge in [-0.1, -0.05) is 15.9 Å². The minimum Gasteiger partial charge on any atom is -0.397 e. The number of halogens is 2. The second-order valence-electron chi connectivity index (χ2n) is 4.31. The summed E-state index contributed by atoms with van der Waals surface area (Å²) in [5, 5.41) is 0. The van der Waals surface area contributed by atoms with E-state index in [1.165, 1.54) is 17.2 Å². The molecule has 0 unspecified atom stereocenters. The van der Waals surface area contributed by atoms with Crippen LogP contribution in [0.1, 0.15) is 5.56 Å². The van der Waals surface area contributed by atoms with Gasteiger partial charge in [0.15, 0.2) is 0 Å². The van der Waals surface area contributed by atoms with Gasteiger partial charge in [-0.15, -0.1) is 0 Å². The van der Waals surface area contributed by atoms with Gasteiger partial charge in [-0.3, -0.25) is 9.69 Å². The summed E-state index contributed by atoms with van der Waals surface area (Å²) in [7, 11) is 1.59. The molecule has 2 N–H and O–H groups in total. The fraction of sp³-hybridized carbons (Fsp3) is 0.143. The lowest BCUT2D eigenvalue weighted by atomic mass is 10.1. The van der Waals surface area contributed by atoms with Crippen LogP contribution >= 0.6 is 15.9 Å². The zero-order valence-electron chi connectivity index (χ0n) is 10.8. The minimum atomic E-state index is -0.403. The van der Waals surface area contributed by atoms with E-state index in [0.29, 0.717) is 17.1 Å². The predicted molar refractivity (Wildman–Crippen MR) is 79.9 cm³/mol. The highest BCUT2D eigenvalue weighted by molar-refractivity contribution is 9.10. The Morgan fingerprint density at radius 3 is 2.80 bits per heavy atom. The van der Waals surface area contributed by atoms with Crippen LogP contribution in [0.15, 0.2) is 41.0 Å². The van der Waals surface area contributed by atoms with Crippen molar-refractivity contribution in [1.29, 1.82) is 0 Å². The molecule has 0 aliphatic heterocycles. The number of anilines is 2. The topological polar surface area (TPSA) is 59.2 Å². The van der Waals surface area contributed by atoms with E-state index >= 15 is 0 Å². The van der Waals surface area contributed by atoms with E-state index in [-0.39, 0.29) is 12.3 Å². The van der Waals surface area contributed by atoms with Gasteiger partial charge >= 0.3 is 0 Å². The number of hydrogen-bond donors (Lipinski definition) is 1. The van der Waals surface area contributed by atoms with Gasteiger partial charge in [-0.05, 0) is 35.9 Å². The Balaban J connectivity index is 2.15. The average molecular weight is 338 g/mol. The lowest BCUT2D eigenvalue weighted by Gasteiger charge is -2.16. The standard InChI is InChI=1S/C14H13BrFN3O/c1-19(13-5-3-11(17)8-18-13)14(20)7-9-6-10(15)2-4-12(9)16/h2-6,8H,7,17H2,1H3. The third-order valence-corrected chi connectivity index (χ3v) is 3.33. The van der Waals surface area contributed by atoms with Gasteiger partial charge in [0.2, 0.25) is 5.91 Å². The van der Waals surface area contributed by atoms with Crippen LogP contribution < -0.4 is 10.6 Å². The number of nitrogens with zero attached hydrogens (tertiary/aromatic N) is 2. The molecule has 4 nitrogen and oxygen atoms in total. The van der Waals surface area contributed by atoms with E-state index in [2.05, 4.69) is 20.9 Å². The van der Waals surface area contributed by atoms with E-state index < -0.39 is 5.82 Å². The van der Waals surface area contributed by atoms with Crippen molar-refractivity contribution < 1.29 is 9.18 Å². The first kappa shape index (κ1) is 14.5. The van der Waals surface area contributed by atoms with Gasteiger partial charge in [-0.2, -0.15) is 0 Å². The van der Waals surface area contributed by atoms with Crippen LogP contribution in [0.25, 0.3) is 0 Å². The van der Waals surface area contributed by atoms with Crippen molar-refractivity contribution in [1.82, 2.24) is 4.98 Å². The molecule has 0 bridgehead atoms. The fourth-order valence-corrected chi connectivity index (χ4v) is 2.09. The summed E-state index contributed by atoms with van der Waals surface area (Å²) in [5.74, 6) is -0.181. The Labute approximate surface area is 124 Å². The SMILES string of the molecule is CN(C(=O)Cc1cc(Br)ccc1F)c1ccc(N)cn1. The average Bonchev–Trinajstić information content (AvgIpc) is 2.43. The third-order valence-electron chi connectivity index (χ3n) is 2.84. The van der Waals surface area contributed by atoms with Gasteiger partial charge in [-0.25, -0.2) is 9.37 Å². The van der Waals surface area contributed by atoms with Crippen LogP contribution in [0, 0.1) is 5.82 Å². The number of likely N-dealkylation sites (N-methyl/N-ethyl adjacent to an activating group) is 1. The lowest BCUT2D eigenvalue weighted by Crippen LogP contribution is -2.28. The van der Waals surface area contributed by atoms with Gasteiger partial charge in [0, 0.05) is 11.5 Å². The molecule has 2 rings (SSSR count). The second-order valence-corrected chi connectivity index (χ2v) is 5.23. The van der Waals surface area contributed by atoms with E-state index in [4.69, 9.17) is 5.73 Å². The van der Waals surface area contributed by atoms with E-state index in [9.17, 15) is 9.18 Å². The van der Waals surface area contributed by atoms with Crippen molar-refractivity contribution in [3.8, 4) is 0 Å². The first-order chi connectivity index (χ1) is 9.47. The quantitative estimate of drug-likeness (QED) is 0.936. The van der Waals surface area contributed by atoms with Crippen LogP contribution in [0.2, 0.25) is 0 Å². The number of carbonyl (C=O) groups excluding carboxylic acids is 1. The maximum Gasteiger partial charge on any atom is 0.232 e. The summed E-state index contributed by atoms with van der Waals surface area (Å²) in [6, 6.07) is 7.82. The van der Waals surface area contributed by atoms with Crippen molar-refractivity contribution >= 4 is 33.3 Å². The Morgan fingerprint density at radius 1 is 1.40 bits per heavy atom. The molecule has 0 atom stereocenters. The first-order valence-electron chi connectivity index (χ1n) is 5.89. The normalized spacial score (nSPS) is 10.3. The molecule has 2 aromatic rings. The molecule has 104 valence electrons. The zero-order chi connectivity index (χ0) is 14.7. The molecule has 1 heterocycles. The number of aromatic nitrogens is 1. The molecule has 1 aromatic heterocycles. The molecule has 0 radical (unpaired) electrons. The van der Waals surface area contributed by atoms with Crippen molar-refractivity contribution in [2.24, 2.45) is 0 Å². The monoisotopic (exact) mass is 337 g/mol. The predicted octanol–water partition coefficient (Wildman–Crippen LogP) is 2.77. The van der Waals surface area contributed by atoms with Crippen molar-refractivity contribution in [3.63, 3.8) is 0 Å². The van der Waals surface area contributed by atoms with Crippen LogP contribution in [0.3, 0.4) is 0 Å². The van der Waals surface area contributed by atoms with Gasteiger partial charge in [0.25, 0.3) is 0 Å². The highest BCUT2D eigenvalue weighted by Gasteiger charge is 2.15. The summed E-state index contributed by atoms with van der Waals surface area (Å²) in [6.07, 6.45) is 1.44. The number of benzene rings is 1. The summed E-state index contributed by atoms with van der Waals surface area (Å²) < 4.78 is 14.4. The van der Waals surface area contributed by atoms with Gasteiger partial charge < -0.3 is 5.73 Å². The smallest absolute Gasteiger partial charge is 0.232 e. The molecule has 0 saturated heterocycles. The molecule has 0 aliphatic carbocycles. The number of hydrogen-bond acceptors (Lipinski definition) is 3. The molecule has 0 spiro atoms. The van der Waals surface area contributed by atoms with Crippen LogP contribution in [-0.2, 0) is 11.2 Å². The summed E-state index contributed by atoms with van der Waals surface area (Å²) in [4.78, 5) is 17.6. The molecule has 20 heavy (non-hydrogen) atoms. The highest BCUT2D eigenvalue weighted by Crippen LogP contribution is 2.18. The summed E-state index contributed by atoms with van der Waals surface area (Å²) in [6.45, 7) is 0. The van der Waals surface area contributed by atoms with Crippen molar-refractivity contribution in [2.75, 3.05) is 17.7 Å². The Morgan fingerprint density at radius 2 is 2.15 bits per heavy atom. The molecule has 0 saturated carbocycles. The Hall–Kier alpha value is -1.95. The highest BCUT2D eigenvalue weighted by atomic mass is 79.9. The molecule has 0 fully saturated rings. The van der Waals surface area contributed by atoms with Gasteiger partial charge in [0.1, 0.15) is 11.6 Å². The van der Waals surface area contributed by atoms with Crippen LogP contribution in [0.5, 0.6) is 0 Å². The first-order valence-corrected chi connectivity index (χ1v) is 6.68. The maximum absolute atomic E-state index is 13.6. The second kappa shape index (κ2) is 6.00. The third kappa shape index (κ3) is 3.33. The molecule has 0 aliphatic rings. The molecular weight excluding hydrogens is 325 g/mol. The molecule has 1 amide bonds. The summed E-state index contributed by atoms with van der Waals surface area (Å²) >= 11 is 3.26. The maximum atomic E-state index is 13.6. The van der Waals surface area contributed by atoms with Crippen LogP contribution in [-0.4, -0.2) is 17.9 Å². The van der Waals surface area contributed by atoms with E-state index in [1.807, 2.05) is 0 Å². The van der Waals surface area contributed by atoms with Crippen molar-refractivity contribution in [2.45, 2.75) is 6.42 Å². The zero-order valence-corrected chi connectivity index (χ0v) is 12.4. The van der Waals surface area contributed by atoms with Crippen molar-refractivity contribution in [3.05, 3.63) is 52.4 Å². The Bertz CT molecular complexity index is 631. The number of rotatable bonds is 3. The molecule has 1 aromatic carbocycles. The summed E-state index contributed by atoms with van der Waals surface area (Å²) in [5.41, 5.74) is 6.40. The lowest BCUT2D eigenvalue weighted by molar-refractivity contribution is -0.117. The number of nitrogens with two attached hydrogens (primary N) is 1. The molecular formula is C14H13BrFN3O. The van der Waals surface area contributed by atoms with Crippen LogP contribution in [0.4, 0.5) is 15.9 Å². The minimum absolute atomic E-state index is 0.0339. The number of pyridine rings is 1. The number of nitrogen functional groups attached to an aromatic ring is 1. The largest absolute Gasteiger partial charge is 0.397 e. The Kier molecular flexibility index (Phi) is 4.34. The molecule has 6 heteroatoms.